The highest BCUT2D eigenvalue weighted by atomic mass is 16.5. The average Bonchev–Trinajstić information content (AvgIpc) is 3.23. The first-order chi connectivity index (χ1) is 11.2. The van der Waals surface area contributed by atoms with E-state index in [2.05, 4.69) is 21.1 Å². The molecule has 23 heavy (non-hydrogen) atoms. The normalized spacial score (nSPS) is 18.3. The maximum atomic E-state index is 5.54. The van der Waals surface area contributed by atoms with Crippen LogP contribution in [0.25, 0.3) is 0 Å². The van der Waals surface area contributed by atoms with Crippen molar-refractivity contribution in [2.75, 3.05) is 20.8 Å². The molecule has 3 rings (SSSR count). The van der Waals surface area contributed by atoms with E-state index in [0.29, 0.717) is 12.4 Å². The van der Waals surface area contributed by atoms with Gasteiger partial charge in [0.2, 0.25) is 5.89 Å². The maximum Gasteiger partial charge on any atom is 0.240 e. The maximum absolute atomic E-state index is 5.54. The zero-order chi connectivity index (χ0) is 16.2. The molecule has 124 valence electrons. The highest BCUT2D eigenvalue weighted by Gasteiger charge is 2.30. The first-order valence-corrected chi connectivity index (χ1v) is 8.02. The number of aryl methyl sites for hydroxylation is 1. The van der Waals surface area contributed by atoms with Gasteiger partial charge in [0.15, 0.2) is 5.82 Å². The molecule has 1 saturated heterocycles. The van der Waals surface area contributed by atoms with E-state index in [1.165, 1.54) is 0 Å². The summed E-state index contributed by atoms with van der Waals surface area (Å²) >= 11 is 0. The van der Waals surface area contributed by atoms with E-state index in [4.69, 9.17) is 14.0 Å². The molecule has 0 spiro atoms. The van der Waals surface area contributed by atoms with Gasteiger partial charge in [0.05, 0.1) is 20.8 Å². The van der Waals surface area contributed by atoms with Crippen molar-refractivity contribution in [3.63, 3.8) is 0 Å². The lowest BCUT2D eigenvalue weighted by Gasteiger charge is -2.25. The molecule has 1 aromatic carbocycles. The second-order valence-corrected chi connectivity index (χ2v) is 5.69. The molecule has 1 atom stereocenters. The van der Waals surface area contributed by atoms with E-state index in [1.807, 2.05) is 19.1 Å². The van der Waals surface area contributed by atoms with Crippen LogP contribution in [0.15, 0.2) is 22.7 Å². The van der Waals surface area contributed by atoms with Crippen LogP contribution in [0.2, 0.25) is 0 Å². The third kappa shape index (κ3) is 3.32. The average molecular weight is 317 g/mol. The van der Waals surface area contributed by atoms with Gasteiger partial charge in [-0.1, -0.05) is 12.1 Å². The molecule has 0 bridgehead atoms. The van der Waals surface area contributed by atoms with Crippen LogP contribution in [0, 0.1) is 0 Å². The summed E-state index contributed by atoms with van der Waals surface area (Å²) in [6.45, 7) is 3.70. The van der Waals surface area contributed by atoms with Crippen LogP contribution in [-0.4, -0.2) is 35.8 Å². The van der Waals surface area contributed by atoms with Gasteiger partial charge in [-0.2, -0.15) is 4.98 Å². The van der Waals surface area contributed by atoms with Gasteiger partial charge in [-0.15, -0.1) is 0 Å². The molecule has 1 aliphatic heterocycles. The zero-order valence-electron chi connectivity index (χ0n) is 13.9. The second kappa shape index (κ2) is 7.00. The minimum Gasteiger partial charge on any atom is -0.497 e. The van der Waals surface area contributed by atoms with Crippen LogP contribution in [0.3, 0.4) is 0 Å². The third-order valence-corrected chi connectivity index (χ3v) is 4.32. The number of methoxy groups -OCH3 is 2. The molecule has 1 aromatic heterocycles. The molecule has 0 aliphatic carbocycles. The van der Waals surface area contributed by atoms with Crippen LogP contribution < -0.4 is 9.47 Å². The third-order valence-electron chi connectivity index (χ3n) is 4.32. The molecule has 2 heterocycles. The van der Waals surface area contributed by atoms with Gasteiger partial charge >= 0.3 is 0 Å². The Kier molecular flexibility index (Phi) is 4.81. The number of hydrogen-bond acceptors (Lipinski definition) is 6. The van der Waals surface area contributed by atoms with Crippen molar-refractivity contribution in [1.29, 1.82) is 0 Å². The highest BCUT2D eigenvalue weighted by molar-refractivity contribution is 5.42. The zero-order valence-corrected chi connectivity index (χ0v) is 13.9. The van der Waals surface area contributed by atoms with Gasteiger partial charge in [-0.25, -0.2) is 0 Å². The van der Waals surface area contributed by atoms with Crippen molar-refractivity contribution in [2.24, 2.45) is 0 Å². The minimum absolute atomic E-state index is 0.275. The van der Waals surface area contributed by atoms with E-state index in [1.54, 1.807) is 14.2 Å². The van der Waals surface area contributed by atoms with Crippen LogP contribution >= 0.6 is 0 Å². The summed E-state index contributed by atoms with van der Waals surface area (Å²) in [7, 11) is 3.39. The van der Waals surface area contributed by atoms with E-state index in [9.17, 15) is 0 Å². The van der Waals surface area contributed by atoms with Gasteiger partial charge < -0.3 is 14.0 Å². The number of ether oxygens (including phenoxy) is 2. The quantitative estimate of drug-likeness (QED) is 0.816. The summed E-state index contributed by atoms with van der Waals surface area (Å²) in [5.74, 6) is 3.17. The summed E-state index contributed by atoms with van der Waals surface area (Å²) in [4.78, 5) is 6.79. The van der Waals surface area contributed by atoms with Gasteiger partial charge in [0, 0.05) is 18.0 Å². The van der Waals surface area contributed by atoms with Gasteiger partial charge in [0.25, 0.3) is 0 Å². The fourth-order valence-electron chi connectivity index (χ4n) is 3.14. The number of nitrogens with zero attached hydrogens (tertiary/aromatic N) is 3. The fraction of sp³-hybridized carbons (Fsp3) is 0.529. The number of likely N-dealkylation sites (tertiary alicyclic amines) is 1. The van der Waals surface area contributed by atoms with Crippen LogP contribution in [0.1, 0.15) is 43.1 Å². The van der Waals surface area contributed by atoms with Gasteiger partial charge in [-0.3, -0.25) is 4.90 Å². The number of aromatic nitrogens is 2. The Morgan fingerprint density at radius 3 is 2.87 bits per heavy atom. The van der Waals surface area contributed by atoms with E-state index >= 15 is 0 Å². The lowest BCUT2D eigenvalue weighted by molar-refractivity contribution is 0.208. The van der Waals surface area contributed by atoms with Crippen LogP contribution in [0.5, 0.6) is 11.5 Å². The Labute approximate surface area is 136 Å². The Hall–Kier alpha value is -2.08. The predicted octanol–water partition coefficient (Wildman–Crippen LogP) is 2.99. The first-order valence-electron chi connectivity index (χ1n) is 8.02. The van der Waals surface area contributed by atoms with Crippen molar-refractivity contribution < 1.29 is 14.0 Å². The Balaban J connectivity index is 1.83. The summed E-state index contributed by atoms with van der Waals surface area (Å²) in [6.07, 6.45) is 3.01. The van der Waals surface area contributed by atoms with Crippen LogP contribution in [0.4, 0.5) is 0 Å². The van der Waals surface area contributed by atoms with E-state index < -0.39 is 0 Å². The Bertz CT molecular complexity index is 656. The van der Waals surface area contributed by atoms with Gasteiger partial charge in [-0.05, 0) is 37.6 Å². The highest BCUT2D eigenvalue weighted by Crippen LogP contribution is 2.39. The van der Waals surface area contributed by atoms with Crippen LogP contribution in [-0.2, 0) is 13.0 Å². The molecule has 0 radical (unpaired) electrons. The summed E-state index contributed by atoms with van der Waals surface area (Å²) in [5.41, 5.74) is 1.15. The van der Waals surface area contributed by atoms with E-state index in [-0.39, 0.29) is 6.04 Å². The molecular formula is C17H23N3O3. The van der Waals surface area contributed by atoms with Crippen molar-refractivity contribution in [2.45, 2.75) is 38.8 Å². The standard InChI is InChI=1S/C17H23N3O3/c1-4-16-18-17(23-19-16)11-20-9-5-6-14(20)13-10-12(21-2)7-8-15(13)22-3/h7-8,10,14H,4-6,9,11H2,1-3H3/t14-/m1/s1. The predicted molar refractivity (Wildman–Crippen MR) is 85.6 cm³/mol. The van der Waals surface area contributed by atoms with Crippen molar-refractivity contribution in [3.05, 3.63) is 35.5 Å². The summed E-state index contributed by atoms with van der Waals surface area (Å²) in [6, 6.07) is 6.23. The second-order valence-electron chi connectivity index (χ2n) is 5.69. The molecule has 6 heteroatoms. The number of rotatable bonds is 6. The first kappa shape index (κ1) is 15.8. The van der Waals surface area contributed by atoms with Crippen molar-refractivity contribution in [3.8, 4) is 11.5 Å². The molecular weight excluding hydrogens is 294 g/mol. The van der Waals surface area contributed by atoms with Crippen molar-refractivity contribution in [1.82, 2.24) is 15.0 Å². The monoisotopic (exact) mass is 317 g/mol. The summed E-state index contributed by atoms with van der Waals surface area (Å²) in [5, 5.41) is 3.98. The molecule has 0 N–H and O–H groups in total. The number of benzene rings is 1. The molecule has 1 fully saturated rings. The smallest absolute Gasteiger partial charge is 0.240 e. The summed E-state index contributed by atoms with van der Waals surface area (Å²) < 4.78 is 16.3. The topological polar surface area (TPSA) is 60.6 Å². The van der Waals surface area contributed by atoms with Crippen molar-refractivity contribution >= 4 is 0 Å². The molecule has 6 nitrogen and oxygen atoms in total. The lowest BCUT2D eigenvalue weighted by atomic mass is 10.0. The number of hydrogen-bond donors (Lipinski definition) is 0. The molecule has 1 aliphatic rings. The fourth-order valence-corrected chi connectivity index (χ4v) is 3.14. The Morgan fingerprint density at radius 1 is 1.30 bits per heavy atom. The van der Waals surface area contributed by atoms with E-state index in [0.717, 1.165) is 48.7 Å². The minimum atomic E-state index is 0.275. The largest absolute Gasteiger partial charge is 0.497 e. The molecule has 0 saturated carbocycles. The van der Waals surface area contributed by atoms with Gasteiger partial charge in [0.1, 0.15) is 11.5 Å². The molecule has 2 aromatic rings. The molecule has 0 amide bonds. The Morgan fingerprint density at radius 2 is 2.17 bits per heavy atom. The molecule has 0 unspecified atom stereocenters. The lowest BCUT2D eigenvalue weighted by Crippen LogP contribution is -2.23. The SMILES string of the molecule is CCc1noc(CN2CCC[C@@H]2c2cc(OC)ccc2OC)n1.